The van der Waals surface area contributed by atoms with E-state index >= 15 is 0 Å². The number of likely N-dealkylation sites (tertiary alicyclic amines) is 1. The molecule has 1 heterocycles. The van der Waals surface area contributed by atoms with E-state index in [4.69, 9.17) is 0 Å². The van der Waals surface area contributed by atoms with Crippen molar-refractivity contribution in [1.29, 1.82) is 0 Å². The van der Waals surface area contributed by atoms with Gasteiger partial charge in [-0.05, 0) is 6.92 Å². The van der Waals surface area contributed by atoms with Crippen LogP contribution in [0.4, 0.5) is 0 Å². The first-order chi connectivity index (χ1) is 2.80. The second kappa shape index (κ2) is 1.23. The summed E-state index contributed by atoms with van der Waals surface area (Å²) in [7, 11) is 2.24. The lowest BCUT2D eigenvalue weighted by Crippen LogP contribution is -3.18. The first-order valence-electron chi connectivity index (χ1n) is 2.63. The summed E-state index contributed by atoms with van der Waals surface area (Å²) in [6, 6.07) is 0.949. The van der Waals surface area contributed by atoms with E-state index in [1.54, 1.807) is 4.90 Å². The average molecular weight is 86.2 g/mol. The van der Waals surface area contributed by atoms with Crippen molar-refractivity contribution in [1.82, 2.24) is 0 Å². The van der Waals surface area contributed by atoms with E-state index < -0.39 is 0 Å². The number of rotatable bonds is 0. The Bertz CT molecular complexity index is 43.9. The highest BCUT2D eigenvalue weighted by Crippen LogP contribution is 1.88. The molecule has 0 saturated carbocycles. The summed E-state index contributed by atoms with van der Waals surface area (Å²) in [5.74, 6) is 0. The third-order valence-corrected chi connectivity index (χ3v) is 1.81. The Labute approximate surface area is 39.0 Å². The molecule has 1 N–H and O–H groups in total. The van der Waals surface area contributed by atoms with Crippen molar-refractivity contribution in [2.24, 2.45) is 0 Å². The largest absolute Gasteiger partial charge is 0.335 e. The van der Waals surface area contributed by atoms with Gasteiger partial charge in [0.1, 0.15) is 0 Å². The molecule has 36 valence electrons. The molecule has 6 heavy (non-hydrogen) atoms. The van der Waals surface area contributed by atoms with E-state index in [0.717, 1.165) is 6.04 Å². The molecule has 1 aliphatic rings. The van der Waals surface area contributed by atoms with Crippen LogP contribution in [0.5, 0.6) is 0 Å². The molecule has 0 radical (unpaired) electrons. The number of hydrogen-bond donors (Lipinski definition) is 1. The van der Waals surface area contributed by atoms with Crippen LogP contribution >= 0.6 is 0 Å². The second-order valence-electron chi connectivity index (χ2n) is 2.29. The molecule has 1 fully saturated rings. The molecule has 0 aromatic heterocycles. The van der Waals surface area contributed by atoms with E-state index in [1.807, 2.05) is 0 Å². The monoisotopic (exact) mass is 86.1 g/mol. The number of quaternary nitrogens is 1. The molecule has 1 nitrogen and oxygen atoms in total. The molecular weight excluding hydrogens is 74.1 g/mol. The molecule has 0 aromatic rings. The van der Waals surface area contributed by atoms with E-state index in [9.17, 15) is 0 Å². The first-order valence-corrected chi connectivity index (χ1v) is 2.63. The Morgan fingerprint density at radius 2 is 2.17 bits per heavy atom. The molecule has 2 unspecified atom stereocenters. The van der Waals surface area contributed by atoms with Gasteiger partial charge in [0.2, 0.25) is 0 Å². The highest BCUT2D eigenvalue weighted by atomic mass is 15.2. The van der Waals surface area contributed by atoms with Crippen LogP contribution in [0, 0.1) is 0 Å². The van der Waals surface area contributed by atoms with Crippen LogP contribution in [0.25, 0.3) is 0 Å². The van der Waals surface area contributed by atoms with Crippen LogP contribution in [0.3, 0.4) is 0 Å². The van der Waals surface area contributed by atoms with Crippen molar-refractivity contribution in [2.45, 2.75) is 19.4 Å². The third kappa shape index (κ3) is 0.432. The van der Waals surface area contributed by atoms with Gasteiger partial charge >= 0.3 is 0 Å². The van der Waals surface area contributed by atoms with Gasteiger partial charge in [-0.1, -0.05) is 0 Å². The summed E-state index contributed by atoms with van der Waals surface area (Å²) in [6.45, 7) is 3.68. The summed E-state index contributed by atoms with van der Waals surface area (Å²) >= 11 is 0. The van der Waals surface area contributed by atoms with Crippen molar-refractivity contribution < 1.29 is 4.90 Å². The lowest BCUT2D eigenvalue weighted by atomic mass is 10.1. The van der Waals surface area contributed by atoms with Crippen LogP contribution in [-0.2, 0) is 0 Å². The molecular formula is C5H12N+. The molecule has 0 spiro atoms. The predicted molar refractivity (Wildman–Crippen MR) is 25.8 cm³/mol. The van der Waals surface area contributed by atoms with Crippen molar-refractivity contribution in [3.8, 4) is 0 Å². The molecule has 0 aliphatic carbocycles. The summed E-state index contributed by atoms with van der Waals surface area (Å²) in [4.78, 5) is 1.69. The fourth-order valence-corrected chi connectivity index (χ4v) is 0.722. The summed E-state index contributed by atoms with van der Waals surface area (Å²) in [6.07, 6.45) is 1.44. The molecule has 1 heteroatoms. The minimum absolute atomic E-state index is 0.949. The van der Waals surface area contributed by atoms with Crippen molar-refractivity contribution >= 4 is 0 Å². The van der Waals surface area contributed by atoms with Crippen LogP contribution in [0.15, 0.2) is 0 Å². The van der Waals surface area contributed by atoms with Gasteiger partial charge in [-0.3, -0.25) is 0 Å². The van der Waals surface area contributed by atoms with Gasteiger partial charge in [0.15, 0.2) is 0 Å². The minimum atomic E-state index is 0.949. The normalized spacial score (nSPS) is 45.0. The zero-order valence-corrected chi connectivity index (χ0v) is 4.49. The first kappa shape index (κ1) is 4.13. The van der Waals surface area contributed by atoms with Gasteiger partial charge in [-0.15, -0.1) is 0 Å². The lowest BCUT2D eigenvalue weighted by molar-refractivity contribution is -0.946. The Morgan fingerprint density at radius 1 is 1.67 bits per heavy atom. The molecule has 2 atom stereocenters. The van der Waals surface area contributed by atoms with E-state index in [-0.39, 0.29) is 0 Å². The summed E-state index contributed by atoms with van der Waals surface area (Å²) < 4.78 is 0. The molecule has 0 aromatic carbocycles. The van der Waals surface area contributed by atoms with Crippen molar-refractivity contribution in [2.75, 3.05) is 13.6 Å². The maximum absolute atomic E-state index is 2.29. The van der Waals surface area contributed by atoms with Gasteiger partial charge in [0, 0.05) is 6.42 Å². The lowest BCUT2D eigenvalue weighted by Gasteiger charge is -2.30. The molecule has 1 saturated heterocycles. The van der Waals surface area contributed by atoms with E-state index in [2.05, 4.69) is 14.0 Å². The van der Waals surface area contributed by atoms with Crippen LogP contribution in [0.2, 0.25) is 0 Å². The number of hydrogen-bond acceptors (Lipinski definition) is 0. The van der Waals surface area contributed by atoms with Gasteiger partial charge < -0.3 is 4.90 Å². The van der Waals surface area contributed by atoms with Gasteiger partial charge in [0.25, 0.3) is 0 Å². The average Bonchev–Trinajstić information content (AvgIpc) is 1.61. The third-order valence-electron chi connectivity index (χ3n) is 1.81. The number of nitrogens with one attached hydrogen (secondary N) is 1. The Hall–Kier alpha value is -0.0400. The molecule has 1 rings (SSSR count). The fraction of sp³-hybridized carbons (Fsp3) is 1.00. The Morgan fingerprint density at radius 3 is 2.17 bits per heavy atom. The zero-order chi connectivity index (χ0) is 4.57. The maximum Gasteiger partial charge on any atom is 0.0898 e. The quantitative estimate of drug-likeness (QED) is 0.397. The SMILES string of the molecule is CC1CC[NH+]1C. The minimum Gasteiger partial charge on any atom is -0.335 e. The second-order valence-corrected chi connectivity index (χ2v) is 2.29. The Kier molecular flexibility index (Phi) is 0.845. The van der Waals surface area contributed by atoms with Crippen LogP contribution < -0.4 is 4.90 Å². The van der Waals surface area contributed by atoms with Gasteiger partial charge in [-0.2, -0.15) is 0 Å². The van der Waals surface area contributed by atoms with Crippen LogP contribution in [0.1, 0.15) is 13.3 Å². The fourth-order valence-electron chi connectivity index (χ4n) is 0.722. The smallest absolute Gasteiger partial charge is 0.0898 e. The highest BCUT2D eigenvalue weighted by molar-refractivity contribution is 4.52. The van der Waals surface area contributed by atoms with Gasteiger partial charge in [-0.25, -0.2) is 0 Å². The summed E-state index contributed by atoms with van der Waals surface area (Å²) in [5.41, 5.74) is 0. The van der Waals surface area contributed by atoms with E-state index in [0.29, 0.717) is 0 Å². The highest BCUT2D eigenvalue weighted by Gasteiger charge is 2.22. The molecule has 0 bridgehead atoms. The van der Waals surface area contributed by atoms with E-state index in [1.165, 1.54) is 13.0 Å². The molecule has 0 amide bonds. The standard InChI is InChI=1S/C5H11N/c1-5-3-4-6(5)2/h5H,3-4H2,1-2H3/p+1. The topological polar surface area (TPSA) is 4.44 Å². The van der Waals surface area contributed by atoms with Crippen molar-refractivity contribution in [3.63, 3.8) is 0 Å². The maximum atomic E-state index is 2.29. The van der Waals surface area contributed by atoms with Gasteiger partial charge in [0.05, 0.1) is 19.6 Å². The predicted octanol–water partition coefficient (Wildman–Crippen LogP) is -0.707. The van der Waals surface area contributed by atoms with Crippen LogP contribution in [-0.4, -0.2) is 19.6 Å². The van der Waals surface area contributed by atoms with Crippen molar-refractivity contribution in [3.05, 3.63) is 0 Å². The molecule has 1 aliphatic heterocycles. The summed E-state index contributed by atoms with van der Waals surface area (Å²) in [5, 5.41) is 0. The Balaban J connectivity index is 2.20. The zero-order valence-electron chi connectivity index (χ0n) is 4.49.